The van der Waals surface area contributed by atoms with Gasteiger partial charge in [-0.25, -0.2) is 0 Å². The lowest BCUT2D eigenvalue weighted by Crippen LogP contribution is -2.15. The second-order valence-electron chi connectivity index (χ2n) is 8.21. The first-order valence-electron chi connectivity index (χ1n) is 11.0. The molecule has 3 heterocycles. The van der Waals surface area contributed by atoms with Gasteiger partial charge in [-0.1, -0.05) is 31.2 Å². The Hall–Kier alpha value is -2.41. The van der Waals surface area contributed by atoms with Gasteiger partial charge in [0.2, 0.25) is 5.91 Å². The molecule has 1 aliphatic rings. The number of aryl methyl sites for hydroxylation is 1. The van der Waals surface area contributed by atoms with Crippen molar-refractivity contribution in [2.45, 2.75) is 58.2 Å². The molecule has 3 aromatic heterocycles. The topological polar surface area (TPSA) is 83.6 Å². The fourth-order valence-electron chi connectivity index (χ4n) is 4.12. The summed E-state index contributed by atoms with van der Waals surface area (Å²) in [5.41, 5.74) is 4.04. The zero-order valence-corrected chi connectivity index (χ0v) is 21.6. The highest BCUT2D eigenvalue weighted by atomic mass is 32.2. The van der Waals surface area contributed by atoms with Crippen molar-refractivity contribution in [2.24, 2.45) is 5.92 Å². The third-order valence-corrected chi connectivity index (χ3v) is 9.35. The van der Waals surface area contributed by atoms with Gasteiger partial charge in [0.25, 0.3) is 0 Å². The predicted octanol–water partition coefficient (Wildman–Crippen LogP) is 5.99. The molecule has 1 N–H and O–H groups in total. The second kappa shape index (κ2) is 10.2. The summed E-state index contributed by atoms with van der Waals surface area (Å²) in [5.74, 6) is 1.52. The molecule has 0 saturated heterocycles. The van der Waals surface area contributed by atoms with Crippen LogP contribution in [0.3, 0.4) is 0 Å². The smallest absolute Gasteiger partial charge is 0.235 e. The van der Waals surface area contributed by atoms with Gasteiger partial charge in [0.15, 0.2) is 11.0 Å². The molecule has 0 aromatic carbocycles. The SMILES string of the molecule is C=CCn1c(SCC(=O)Nc2sc3c(c2C#N)CCC(CC)C3)nnc1-c1csc(C)c1C. The van der Waals surface area contributed by atoms with Crippen LogP contribution in [-0.4, -0.2) is 26.4 Å². The van der Waals surface area contributed by atoms with E-state index in [2.05, 4.69) is 54.3 Å². The Morgan fingerprint density at radius 3 is 2.94 bits per heavy atom. The molecule has 1 amide bonds. The molecule has 0 saturated carbocycles. The Morgan fingerprint density at radius 2 is 2.27 bits per heavy atom. The minimum absolute atomic E-state index is 0.139. The molecular formula is C24H27N5OS3. The van der Waals surface area contributed by atoms with Crippen molar-refractivity contribution in [3.05, 3.63) is 44.5 Å². The molecule has 0 spiro atoms. The van der Waals surface area contributed by atoms with Crippen molar-refractivity contribution in [3.8, 4) is 17.5 Å². The van der Waals surface area contributed by atoms with Crippen molar-refractivity contribution in [1.82, 2.24) is 14.8 Å². The maximum absolute atomic E-state index is 12.8. The van der Waals surface area contributed by atoms with Gasteiger partial charge in [0, 0.05) is 27.2 Å². The van der Waals surface area contributed by atoms with Gasteiger partial charge in [0.05, 0.1) is 11.3 Å². The number of nitriles is 1. The largest absolute Gasteiger partial charge is 0.316 e. The molecular weight excluding hydrogens is 470 g/mol. The quantitative estimate of drug-likeness (QED) is 0.305. The van der Waals surface area contributed by atoms with Gasteiger partial charge in [-0.05, 0) is 50.2 Å². The van der Waals surface area contributed by atoms with Gasteiger partial charge in [-0.15, -0.1) is 39.4 Å². The lowest BCUT2D eigenvalue weighted by atomic mass is 9.86. The Balaban J connectivity index is 1.48. The van der Waals surface area contributed by atoms with Crippen molar-refractivity contribution in [3.63, 3.8) is 0 Å². The maximum Gasteiger partial charge on any atom is 0.235 e. The van der Waals surface area contributed by atoms with E-state index < -0.39 is 0 Å². The van der Waals surface area contributed by atoms with Crippen molar-refractivity contribution in [2.75, 3.05) is 11.1 Å². The summed E-state index contributed by atoms with van der Waals surface area (Å²) in [5, 5.41) is 24.9. The van der Waals surface area contributed by atoms with E-state index in [-0.39, 0.29) is 11.7 Å². The average Bonchev–Trinajstić information content (AvgIpc) is 3.47. The predicted molar refractivity (Wildman–Crippen MR) is 137 cm³/mol. The fraction of sp³-hybridized carbons (Fsp3) is 0.417. The number of carbonyl (C=O) groups excluding carboxylic acids is 1. The first kappa shape index (κ1) is 23.7. The van der Waals surface area contributed by atoms with E-state index in [1.807, 2.05) is 10.6 Å². The van der Waals surface area contributed by atoms with Gasteiger partial charge >= 0.3 is 0 Å². The molecule has 0 bridgehead atoms. The van der Waals surface area contributed by atoms with Crippen molar-refractivity contribution >= 4 is 45.3 Å². The number of hydrogen-bond donors (Lipinski definition) is 1. The number of thiophene rings is 2. The summed E-state index contributed by atoms with van der Waals surface area (Å²) in [6.45, 7) is 10.8. The first-order valence-corrected chi connectivity index (χ1v) is 13.7. The Kier molecular flexibility index (Phi) is 7.37. The van der Waals surface area contributed by atoms with Crippen LogP contribution in [0.4, 0.5) is 5.00 Å². The highest BCUT2D eigenvalue weighted by molar-refractivity contribution is 7.99. The average molecular weight is 498 g/mol. The molecule has 0 aliphatic heterocycles. The Labute approximate surface area is 206 Å². The summed E-state index contributed by atoms with van der Waals surface area (Å²) >= 11 is 4.61. The summed E-state index contributed by atoms with van der Waals surface area (Å²) in [7, 11) is 0. The summed E-state index contributed by atoms with van der Waals surface area (Å²) in [4.78, 5) is 15.3. The second-order valence-corrected chi connectivity index (χ2v) is 11.3. The zero-order valence-electron chi connectivity index (χ0n) is 19.1. The van der Waals surface area contributed by atoms with Crippen LogP contribution in [0.1, 0.15) is 46.2 Å². The number of amides is 1. The third kappa shape index (κ3) is 4.79. The molecule has 9 heteroatoms. The van der Waals surface area contributed by atoms with Crippen LogP contribution in [0.5, 0.6) is 0 Å². The zero-order chi connectivity index (χ0) is 23.5. The van der Waals surface area contributed by atoms with E-state index in [0.29, 0.717) is 28.2 Å². The number of rotatable bonds is 8. The Morgan fingerprint density at radius 1 is 1.45 bits per heavy atom. The number of carbonyl (C=O) groups is 1. The minimum atomic E-state index is -0.139. The number of nitrogens with one attached hydrogen (secondary N) is 1. The third-order valence-electron chi connectivity index (χ3n) is 6.20. The molecule has 4 rings (SSSR count). The van der Waals surface area contributed by atoms with Crippen LogP contribution in [0.25, 0.3) is 11.4 Å². The van der Waals surface area contributed by atoms with E-state index in [9.17, 15) is 10.1 Å². The lowest BCUT2D eigenvalue weighted by molar-refractivity contribution is -0.113. The molecule has 0 radical (unpaired) electrons. The summed E-state index contributed by atoms with van der Waals surface area (Å²) < 4.78 is 1.99. The van der Waals surface area contributed by atoms with Crippen LogP contribution in [-0.2, 0) is 24.2 Å². The van der Waals surface area contributed by atoms with Crippen molar-refractivity contribution in [1.29, 1.82) is 5.26 Å². The number of allylic oxidation sites excluding steroid dienone is 1. The molecule has 172 valence electrons. The van der Waals surface area contributed by atoms with Crippen LogP contribution in [0, 0.1) is 31.1 Å². The number of nitrogens with zero attached hydrogens (tertiary/aromatic N) is 4. The van der Waals surface area contributed by atoms with E-state index in [1.165, 1.54) is 27.1 Å². The van der Waals surface area contributed by atoms with E-state index >= 15 is 0 Å². The fourth-order valence-corrected chi connectivity index (χ4v) is 7.06. The van der Waals surface area contributed by atoms with E-state index in [1.54, 1.807) is 22.7 Å². The van der Waals surface area contributed by atoms with Crippen molar-refractivity contribution < 1.29 is 4.79 Å². The number of hydrogen-bond acceptors (Lipinski definition) is 7. The standard InChI is InChI=1S/C24H27N5OS3/c1-5-9-29-22(19-12-31-15(4)14(19)3)27-28-24(29)32-13-21(30)26-23-18(11-25)17-8-7-16(6-2)10-20(17)33-23/h5,12,16H,1,6-10,13H2,2-4H3,(H,26,30). The Bertz CT molecular complexity index is 1230. The first-order chi connectivity index (χ1) is 16.0. The van der Waals surface area contributed by atoms with Gasteiger partial charge in [-0.2, -0.15) is 5.26 Å². The molecule has 6 nitrogen and oxygen atoms in total. The molecule has 3 aromatic rings. The number of fused-ring (bicyclic) bond motifs is 1. The molecule has 1 atom stereocenters. The monoisotopic (exact) mass is 497 g/mol. The number of aromatic nitrogens is 3. The van der Waals surface area contributed by atoms with Crippen LogP contribution < -0.4 is 5.32 Å². The van der Waals surface area contributed by atoms with Gasteiger partial charge < -0.3 is 5.32 Å². The highest BCUT2D eigenvalue weighted by Gasteiger charge is 2.26. The molecule has 0 fully saturated rings. The van der Waals surface area contributed by atoms with Crippen LogP contribution >= 0.6 is 34.4 Å². The lowest BCUT2D eigenvalue weighted by Gasteiger charge is -2.20. The van der Waals surface area contributed by atoms with Gasteiger partial charge in [-0.3, -0.25) is 9.36 Å². The molecule has 33 heavy (non-hydrogen) atoms. The van der Waals surface area contributed by atoms with E-state index in [0.717, 1.165) is 42.6 Å². The van der Waals surface area contributed by atoms with E-state index in [4.69, 9.17) is 0 Å². The van der Waals surface area contributed by atoms with Gasteiger partial charge in [0.1, 0.15) is 11.1 Å². The summed E-state index contributed by atoms with van der Waals surface area (Å²) in [6, 6.07) is 2.32. The number of thioether (sulfide) groups is 1. The number of anilines is 1. The normalized spacial score (nSPS) is 15.2. The van der Waals surface area contributed by atoms with Crippen LogP contribution in [0.2, 0.25) is 0 Å². The van der Waals surface area contributed by atoms with Crippen LogP contribution in [0.15, 0.2) is 23.2 Å². The highest BCUT2D eigenvalue weighted by Crippen LogP contribution is 2.40. The molecule has 1 unspecified atom stereocenters. The maximum atomic E-state index is 12.8. The summed E-state index contributed by atoms with van der Waals surface area (Å²) in [6.07, 6.45) is 6.00. The molecule has 1 aliphatic carbocycles. The minimum Gasteiger partial charge on any atom is -0.316 e.